The number of aliphatic imine (C=N–C) groups is 1. The Morgan fingerprint density at radius 2 is 2.10 bits per heavy atom. The van der Waals surface area contributed by atoms with Crippen LogP contribution in [-0.2, 0) is 0 Å². The summed E-state index contributed by atoms with van der Waals surface area (Å²) in [6, 6.07) is 7.75. The zero-order valence-corrected chi connectivity index (χ0v) is 13.1. The van der Waals surface area contributed by atoms with Crippen LogP contribution in [-0.4, -0.2) is 10.3 Å². The van der Waals surface area contributed by atoms with Gasteiger partial charge in [0, 0.05) is 10.3 Å². The van der Waals surface area contributed by atoms with E-state index in [-0.39, 0.29) is 0 Å². The summed E-state index contributed by atoms with van der Waals surface area (Å²) in [7, 11) is 0. The van der Waals surface area contributed by atoms with Crippen molar-refractivity contribution in [1.82, 2.24) is 0 Å². The average Bonchev–Trinajstić information content (AvgIpc) is 2.49. The summed E-state index contributed by atoms with van der Waals surface area (Å²) in [6.45, 7) is 2.12. The first-order valence-electron chi connectivity index (χ1n) is 7.09. The lowest BCUT2D eigenvalue weighted by atomic mass is 9.87. The van der Waals surface area contributed by atoms with E-state index < -0.39 is 0 Å². The lowest BCUT2D eigenvalue weighted by Gasteiger charge is -2.33. The van der Waals surface area contributed by atoms with Crippen LogP contribution in [0.2, 0.25) is 5.02 Å². The quantitative estimate of drug-likeness (QED) is 0.598. The minimum atomic E-state index is 0.596. The third kappa shape index (κ3) is 3.02. The zero-order valence-electron chi connectivity index (χ0n) is 11.6. The smallest absolute Gasteiger partial charge is 0.100 e. The van der Waals surface area contributed by atoms with E-state index in [4.69, 9.17) is 16.6 Å². The average molecular weight is 304 g/mol. The van der Waals surface area contributed by atoms with E-state index in [0.29, 0.717) is 5.25 Å². The van der Waals surface area contributed by atoms with E-state index in [9.17, 15) is 0 Å². The van der Waals surface area contributed by atoms with Crippen LogP contribution >= 0.6 is 23.4 Å². The first-order chi connectivity index (χ1) is 9.76. The van der Waals surface area contributed by atoms with Gasteiger partial charge >= 0.3 is 0 Å². The molecule has 2 unspecified atom stereocenters. The highest BCUT2D eigenvalue weighted by atomic mass is 35.5. The molecule has 0 spiro atoms. The Balaban J connectivity index is 1.88. The van der Waals surface area contributed by atoms with E-state index in [1.165, 1.54) is 23.5 Å². The molecule has 1 aromatic carbocycles. The van der Waals surface area contributed by atoms with E-state index in [0.717, 1.165) is 23.0 Å². The van der Waals surface area contributed by atoms with Gasteiger partial charge in [0.1, 0.15) is 5.04 Å². The Morgan fingerprint density at radius 1 is 1.30 bits per heavy atom. The molecule has 0 radical (unpaired) electrons. The molecule has 1 nitrogen and oxygen atoms in total. The van der Waals surface area contributed by atoms with Crippen molar-refractivity contribution in [3.05, 3.63) is 53.1 Å². The van der Waals surface area contributed by atoms with Crippen LogP contribution in [0.3, 0.4) is 0 Å². The molecule has 0 bridgehead atoms. The van der Waals surface area contributed by atoms with E-state index in [1.54, 1.807) is 0 Å². The molecule has 1 aliphatic carbocycles. The third-order valence-corrected chi connectivity index (χ3v) is 5.55. The predicted octanol–water partition coefficient (Wildman–Crippen LogP) is 5.79. The van der Waals surface area contributed by atoms with Gasteiger partial charge < -0.3 is 0 Å². The SMILES string of the molecule is C/C=C1\CC2CCC=CC2SC1=Nc1ccc(Cl)cc1. The molecule has 2 aliphatic rings. The molecule has 2 atom stereocenters. The third-order valence-electron chi connectivity index (χ3n) is 3.90. The number of thioether (sulfide) groups is 1. The van der Waals surface area contributed by atoms with E-state index in [2.05, 4.69) is 25.2 Å². The van der Waals surface area contributed by atoms with Gasteiger partial charge in [0.15, 0.2) is 0 Å². The summed E-state index contributed by atoms with van der Waals surface area (Å²) in [5.41, 5.74) is 2.37. The van der Waals surface area contributed by atoms with E-state index >= 15 is 0 Å². The van der Waals surface area contributed by atoms with Crippen LogP contribution in [0, 0.1) is 5.92 Å². The summed E-state index contributed by atoms with van der Waals surface area (Å²) >= 11 is 7.84. The maximum Gasteiger partial charge on any atom is 0.100 e. The van der Waals surface area contributed by atoms with Gasteiger partial charge in [-0.15, -0.1) is 0 Å². The highest BCUT2D eigenvalue weighted by Crippen LogP contribution is 2.42. The molecule has 3 rings (SSSR count). The topological polar surface area (TPSA) is 12.4 Å². The van der Waals surface area contributed by atoms with Crippen molar-refractivity contribution >= 4 is 34.1 Å². The number of fused-ring (bicyclic) bond motifs is 1. The summed E-state index contributed by atoms with van der Waals surface area (Å²) in [6.07, 6.45) is 10.6. The normalized spacial score (nSPS) is 29.7. The number of nitrogens with zero attached hydrogens (tertiary/aromatic N) is 1. The molecular formula is C17H18ClNS. The number of allylic oxidation sites excluding steroid dienone is 2. The first kappa shape index (κ1) is 14.0. The maximum absolute atomic E-state index is 5.93. The minimum Gasteiger partial charge on any atom is -0.242 e. The Bertz CT molecular complexity index is 571. The lowest BCUT2D eigenvalue weighted by Crippen LogP contribution is -2.26. The van der Waals surface area contributed by atoms with Gasteiger partial charge in [0.2, 0.25) is 0 Å². The second kappa shape index (κ2) is 6.19. The van der Waals surface area contributed by atoms with Gasteiger partial charge in [-0.25, -0.2) is 4.99 Å². The van der Waals surface area contributed by atoms with Crippen molar-refractivity contribution in [1.29, 1.82) is 0 Å². The predicted molar refractivity (Wildman–Crippen MR) is 90.2 cm³/mol. The summed E-state index contributed by atoms with van der Waals surface area (Å²) < 4.78 is 0. The molecule has 0 saturated carbocycles. The Kier molecular flexibility index (Phi) is 4.32. The zero-order chi connectivity index (χ0) is 13.9. The van der Waals surface area contributed by atoms with Gasteiger partial charge in [0.25, 0.3) is 0 Å². The highest BCUT2D eigenvalue weighted by molar-refractivity contribution is 8.15. The fraction of sp³-hybridized carbons (Fsp3) is 0.353. The van der Waals surface area contributed by atoms with Crippen LogP contribution in [0.15, 0.2) is 53.1 Å². The number of halogens is 1. The van der Waals surface area contributed by atoms with Crippen LogP contribution in [0.5, 0.6) is 0 Å². The molecule has 104 valence electrons. The van der Waals surface area contributed by atoms with Crippen LogP contribution in [0.1, 0.15) is 26.2 Å². The Morgan fingerprint density at radius 3 is 2.85 bits per heavy atom. The number of hydrogen-bond acceptors (Lipinski definition) is 2. The van der Waals surface area contributed by atoms with Gasteiger partial charge in [-0.1, -0.05) is 41.6 Å². The van der Waals surface area contributed by atoms with Crippen molar-refractivity contribution in [3.8, 4) is 0 Å². The van der Waals surface area contributed by atoms with Crippen LogP contribution in [0.25, 0.3) is 0 Å². The van der Waals surface area contributed by atoms with Crippen LogP contribution in [0.4, 0.5) is 5.69 Å². The van der Waals surface area contributed by atoms with Gasteiger partial charge in [-0.2, -0.15) is 0 Å². The fourth-order valence-corrected chi connectivity index (χ4v) is 4.27. The van der Waals surface area contributed by atoms with Gasteiger partial charge in [-0.3, -0.25) is 0 Å². The van der Waals surface area contributed by atoms with Gasteiger partial charge in [0.05, 0.1) is 5.69 Å². The first-order valence-corrected chi connectivity index (χ1v) is 8.35. The Labute approximate surface area is 129 Å². The lowest BCUT2D eigenvalue weighted by molar-refractivity contribution is 0.489. The molecule has 3 heteroatoms. The molecule has 1 aliphatic heterocycles. The number of rotatable bonds is 1. The molecule has 20 heavy (non-hydrogen) atoms. The highest BCUT2D eigenvalue weighted by Gasteiger charge is 2.31. The largest absolute Gasteiger partial charge is 0.242 e. The van der Waals surface area contributed by atoms with E-state index in [1.807, 2.05) is 36.0 Å². The van der Waals surface area contributed by atoms with Crippen molar-refractivity contribution in [2.75, 3.05) is 0 Å². The van der Waals surface area contributed by atoms with Crippen molar-refractivity contribution in [2.24, 2.45) is 10.9 Å². The molecule has 0 aromatic heterocycles. The molecule has 1 aromatic rings. The van der Waals surface area contributed by atoms with Crippen LogP contribution < -0.4 is 0 Å². The summed E-state index contributed by atoms with van der Waals surface area (Å²) in [5, 5.41) is 2.52. The molecule has 1 saturated heterocycles. The Hall–Kier alpha value is -0.990. The monoisotopic (exact) mass is 303 g/mol. The second-order valence-corrected chi connectivity index (χ2v) is 6.86. The molecule has 1 fully saturated rings. The van der Waals surface area contributed by atoms with Crippen molar-refractivity contribution < 1.29 is 0 Å². The van der Waals surface area contributed by atoms with Crippen molar-refractivity contribution in [3.63, 3.8) is 0 Å². The van der Waals surface area contributed by atoms with Gasteiger partial charge in [-0.05, 0) is 61.9 Å². The molecule has 0 N–H and O–H groups in total. The molecule has 1 heterocycles. The van der Waals surface area contributed by atoms with Crippen molar-refractivity contribution in [2.45, 2.75) is 31.4 Å². The summed E-state index contributed by atoms with van der Waals surface area (Å²) in [5.74, 6) is 0.778. The number of benzene rings is 1. The number of hydrogen-bond donors (Lipinski definition) is 0. The molecule has 0 amide bonds. The fourth-order valence-electron chi connectivity index (χ4n) is 2.76. The minimum absolute atomic E-state index is 0.596. The molecular weight excluding hydrogens is 286 g/mol. The second-order valence-electron chi connectivity index (χ2n) is 5.26. The summed E-state index contributed by atoms with van der Waals surface area (Å²) in [4.78, 5) is 4.82. The standard InChI is InChI=1S/C17H18ClNS/c1-2-12-11-13-5-3-4-6-16(13)20-17(12)19-15-9-7-14(18)8-10-15/h2,4,6-10,13,16H,3,5,11H2,1H3/b12-2+,19-17?. The maximum atomic E-state index is 5.93.